The smallest absolute Gasteiger partial charge is 0.332 e. The number of anilines is 2. The Morgan fingerprint density at radius 1 is 1.22 bits per heavy atom. The molecule has 0 amide bonds. The van der Waals surface area contributed by atoms with E-state index in [2.05, 4.69) is 5.32 Å². The van der Waals surface area contributed by atoms with Crippen LogP contribution in [0.5, 0.6) is 0 Å². The molecule has 0 radical (unpaired) electrons. The van der Waals surface area contributed by atoms with E-state index in [1.54, 1.807) is 6.92 Å². The van der Waals surface area contributed by atoms with Crippen LogP contribution in [-0.2, 0) is 14.1 Å². The summed E-state index contributed by atoms with van der Waals surface area (Å²) in [5.41, 5.74) is 6.20. The molecule has 23 heavy (non-hydrogen) atoms. The van der Waals surface area contributed by atoms with Gasteiger partial charge < -0.3 is 11.1 Å². The standard InChI is InChI=1S/C16H20N4O3/c1-9-6-5-7-11(8-9)18-10(2)13(21)12-14(17)19(3)16(23)20(4)15(12)22/h5-8,10,18H,17H2,1-4H3/t10-/m0/s1. The Hall–Kier alpha value is -2.83. The second kappa shape index (κ2) is 6.12. The number of rotatable bonds is 4. The van der Waals surface area contributed by atoms with Gasteiger partial charge in [-0.15, -0.1) is 0 Å². The van der Waals surface area contributed by atoms with E-state index < -0.39 is 23.1 Å². The molecule has 0 aliphatic rings. The van der Waals surface area contributed by atoms with Crippen LogP contribution in [-0.4, -0.2) is 21.0 Å². The largest absolute Gasteiger partial charge is 0.384 e. The first-order chi connectivity index (χ1) is 10.7. The van der Waals surface area contributed by atoms with Crippen molar-refractivity contribution in [2.45, 2.75) is 19.9 Å². The molecule has 0 saturated heterocycles. The Kier molecular flexibility index (Phi) is 4.40. The third kappa shape index (κ3) is 3.03. The van der Waals surface area contributed by atoms with Crippen LogP contribution in [0.1, 0.15) is 22.8 Å². The average molecular weight is 316 g/mol. The lowest BCUT2D eigenvalue weighted by Crippen LogP contribution is -2.43. The number of nitrogens with two attached hydrogens (primary N) is 1. The second-order valence-electron chi connectivity index (χ2n) is 5.57. The number of carbonyl (C=O) groups is 1. The lowest BCUT2D eigenvalue weighted by molar-refractivity contribution is 0.0973. The first-order valence-corrected chi connectivity index (χ1v) is 7.17. The molecule has 0 spiro atoms. The Labute approximate surface area is 133 Å². The minimum absolute atomic E-state index is 0.124. The predicted molar refractivity (Wildman–Crippen MR) is 89.9 cm³/mol. The molecule has 0 unspecified atom stereocenters. The van der Waals surface area contributed by atoms with E-state index in [9.17, 15) is 14.4 Å². The average Bonchev–Trinajstić information content (AvgIpc) is 2.51. The molecule has 7 nitrogen and oxygen atoms in total. The van der Waals surface area contributed by atoms with Crippen LogP contribution in [0.15, 0.2) is 33.9 Å². The number of nitrogens with zero attached hydrogens (tertiary/aromatic N) is 2. The molecule has 2 aromatic rings. The summed E-state index contributed by atoms with van der Waals surface area (Å²) in [6.45, 7) is 3.59. The van der Waals surface area contributed by atoms with Crippen molar-refractivity contribution in [3.63, 3.8) is 0 Å². The molecule has 0 bridgehead atoms. The van der Waals surface area contributed by atoms with Gasteiger partial charge in [0.05, 0.1) is 6.04 Å². The molecule has 1 aromatic carbocycles. The number of ketones is 1. The first kappa shape index (κ1) is 16.5. The molecule has 1 heterocycles. The van der Waals surface area contributed by atoms with Crippen molar-refractivity contribution in [1.82, 2.24) is 9.13 Å². The topological polar surface area (TPSA) is 99.1 Å². The van der Waals surface area contributed by atoms with Crippen LogP contribution >= 0.6 is 0 Å². The number of hydrogen-bond acceptors (Lipinski definition) is 5. The van der Waals surface area contributed by atoms with Gasteiger partial charge in [-0.25, -0.2) is 4.79 Å². The number of aromatic nitrogens is 2. The number of hydrogen-bond donors (Lipinski definition) is 2. The fourth-order valence-electron chi connectivity index (χ4n) is 2.36. The number of Topliss-reactive ketones (excluding diaryl/α,β-unsaturated/α-hetero) is 1. The van der Waals surface area contributed by atoms with E-state index in [0.717, 1.165) is 20.4 Å². The molecule has 0 saturated carbocycles. The minimum Gasteiger partial charge on any atom is -0.384 e. The molecule has 0 aliphatic heterocycles. The summed E-state index contributed by atoms with van der Waals surface area (Å²) in [5.74, 6) is -0.582. The normalized spacial score (nSPS) is 12.0. The van der Waals surface area contributed by atoms with Crippen LogP contribution in [0.4, 0.5) is 11.5 Å². The SMILES string of the molecule is Cc1cccc(N[C@@H](C)C(=O)c2c(N)n(C)c(=O)n(C)c2=O)c1. The van der Waals surface area contributed by atoms with Crippen molar-refractivity contribution in [3.8, 4) is 0 Å². The maximum Gasteiger partial charge on any atom is 0.332 e. The first-order valence-electron chi connectivity index (χ1n) is 7.17. The van der Waals surface area contributed by atoms with Gasteiger partial charge in [-0.1, -0.05) is 12.1 Å². The van der Waals surface area contributed by atoms with Crippen molar-refractivity contribution in [3.05, 3.63) is 56.2 Å². The zero-order chi connectivity index (χ0) is 17.3. The van der Waals surface area contributed by atoms with Gasteiger partial charge in [0.1, 0.15) is 11.4 Å². The summed E-state index contributed by atoms with van der Waals surface area (Å²) in [4.78, 5) is 36.7. The Morgan fingerprint density at radius 2 is 1.87 bits per heavy atom. The summed E-state index contributed by atoms with van der Waals surface area (Å²) in [5, 5.41) is 3.05. The number of benzene rings is 1. The molecule has 0 fully saturated rings. The summed E-state index contributed by atoms with van der Waals surface area (Å²) in [6.07, 6.45) is 0. The van der Waals surface area contributed by atoms with Crippen molar-refractivity contribution >= 4 is 17.3 Å². The number of nitrogens with one attached hydrogen (secondary N) is 1. The summed E-state index contributed by atoms with van der Waals surface area (Å²) in [6, 6.07) is 6.88. The van der Waals surface area contributed by atoms with Gasteiger partial charge in [-0.05, 0) is 31.5 Å². The van der Waals surface area contributed by atoms with Crippen molar-refractivity contribution in [1.29, 1.82) is 0 Å². The Morgan fingerprint density at radius 3 is 2.48 bits per heavy atom. The van der Waals surface area contributed by atoms with Crippen LogP contribution in [0, 0.1) is 6.92 Å². The van der Waals surface area contributed by atoms with Gasteiger partial charge in [0.2, 0.25) is 0 Å². The van der Waals surface area contributed by atoms with Crippen LogP contribution in [0.3, 0.4) is 0 Å². The van der Waals surface area contributed by atoms with Gasteiger partial charge in [0.15, 0.2) is 5.78 Å². The molecular formula is C16H20N4O3. The maximum absolute atomic E-state index is 12.6. The highest BCUT2D eigenvalue weighted by Crippen LogP contribution is 2.14. The van der Waals surface area contributed by atoms with E-state index >= 15 is 0 Å². The molecular weight excluding hydrogens is 296 g/mol. The molecule has 3 N–H and O–H groups in total. The van der Waals surface area contributed by atoms with Crippen LogP contribution in [0.2, 0.25) is 0 Å². The van der Waals surface area contributed by atoms with Crippen LogP contribution in [0.25, 0.3) is 0 Å². The zero-order valence-electron chi connectivity index (χ0n) is 13.6. The third-order valence-corrected chi connectivity index (χ3v) is 3.75. The lowest BCUT2D eigenvalue weighted by atomic mass is 10.1. The quantitative estimate of drug-likeness (QED) is 0.807. The third-order valence-electron chi connectivity index (χ3n) is 3.75. The van der Waals surface area contributed by atoms with Gasteiger partial charge in [-0.3, -0.25) is 18.7 Å². The Bertz CT molecular complexity index is 880. The molecule has 7 heteroatoms. The predicted octanol–water partition coefficient (Wildman–Crippen LogP) is 0.658. The van der Waals surface area contributed by atoms with Gasteiger partial charge in [0, 0.05) is 19.8 Å². The Balaban J connectivity index is 2.41. The van der Waals surface area contributed by atoms with E-state index in [4.69, 9.17) is 5.73 Å². The highest BCUT2D eigenvalue weighted by molar-refractivity contribution is 6.04. The van der Waals surface area contributed by atoms with E-state index in [1.807, 2.05) is 31.2 Å². The van der Waals surface area contributed by atoms with Crippen LogP contribution < -0.4 is 22.3 Å². The number of carbonyl (C=O) groups excluding carboxylic acids is 1. The minimum atomic E-state index is -0.687. The van der Waals surface area contributed by atoms with Crippen molar-refractivity contribution in [2.24, 2.45) is 14.1 Å². The number of aryl methyl sites for hydroxylation is 1. The van der Waals surface area contributed by atoms with Crippen molar-refractivity contribution < 1.29 is 4.79 Å². The molecule has 2 rings (SSSR count). The fraction of sp³-hybridized carbons (Fsp3) is 0.312. The molecule has 0 aliphatic carbocycles. The highest BCUT2D eigenvalue weighted by Gasteiger charge is 2.24. The highest BCUT2D eigenvalue weighted by atomic mass is 16.2. The molecule has 1 atom stereocenters. The monoisotopic (exact) mass is 316 g/mol. The van der Waals surface area contributed by atoms with E-state index in [-0.39, 0.29) is 11.4 Å². The summed E-state index contributed by atoms with van der Waals surface area (Å²) >= 11 is 0. The zero-order valence-corrected chi connectivity index (χ0v) is 13.6. The second-order valence-corrected chi connectivity index (χ2v) is 5.57. The van der Waals surface area contributed by atoms with Gasteiger partial charge in [-0.2, -0.15) is 0 Å². The van der Waals surface area contributed by atoms with Crippen molar-refractivity contribution in [2.75, 3.05) is 11.1 Å². The van der Waals surface area contributed by atoms with E-state index in [0.29, 0.717) is 0 Å². The van der Waals surface area contributed by atoms with Gasteiger partial charge in [0.25, 0.3) is 5.56 Å². The van der Waals surface area contributed by atoms with Gasteiger partial charge >= 0.3 is 5.69 Å². The molecule has 122 valence electrons. The molecule has 1 aromatic heterocycles. The lowest BCUT2D eigenvalue weighted by Gasteiger charge is -2.17. The fourth-order valence-corrected chi connectivity index (χ4v) is 2.36. The number of nitrogen functional groups attached to an aromatic ring is 1. The summed E-state index contributed by atoms with van der Waals surface area (Å²) < 4.78 is 1.97. The van der Waals surface area contributed by atoms with E-state index in [1.165, 1.54) is 14.1 Å². The maximum atomic E-state index is 12.6. The summed E-state index contributed by atoms with van der Waals surface area (Å²) in [7, 11) is 2.74.